The molecular weight excluding hydrogens is 228 g/mol. The van der Waals surface area contributed by atoms with Gasteiger partial charge in [0, 0.05) is 17.2 Å². The fourth-order valence-electron chi connectivity index (χ4n) is 1.39. The molecule has 1 aromatic rings. The maximum absolute atomic E-state index is 4.29. The van der Waals surface area contributed by atoms with Gasteiger partial charge in [0.25, 0.3) is 0 Å². The average Bonchev–Trinajstić information content (AvgIpc) is 2.62. The zero-order valence-corrected chi connectivity index (χ0v) is 8.84. The van der Waals surface area contributed by atoms with E-state index < -0.39 is 0 Å². The maximum atomic E-state index is 4.29. The van der Waals surface area contributed by atoms with Crippen molar-refractivity contribution in [2.75, 3.05) is 13.1 Å². The highest BCUT2D eigenvalue weighted by atomic mass is 79.9. The van der Waals surface area contributed by atoms with E-state index >= 15 is 0 Å². The van der Waals surface area contributed by atoms with Crippen molar-refractivity contribution in [3.63, 3.8) is 0 Å². The highest BCUT2D eigenvalue weighted by Crippen LogP contribution is 2.13. The van der Waals surface area contributed by atoms with Gasteiger partial charge in [-0.15, -0.1) is 0 Å². The van der Waals surface area contributed by atoms with Gasteiger partial charge in [-0.1, -0.05) is 5.57 Å². The third kappa shape index (κ3) is 2.39. The van der Waals surface area contributed by atoms with Gasteiger partial charge in [-0.25, -0.2) is 0 Å². The van der Waals surface area contributed by atoms with E-state index in [4.69, 9.17) is 0 Å². The molecule has 2 rings (SSSR count). The standard InChI is InChI=1S/C10H11BrN2/c11-9-1-2-10(13-7-9)5-8-3-4-12-6-8/h1-2,5,7,12H,3-4,6H2/b8-5-. The van der Waals surface area contributed by atoms with Crippen molar-refractivity contribution >= 4 is 22.0 Å². The molecule has 0 atom stereocenters. The Balaban J connectivity index is 2.17. The molecule has 0 bridgehead atoms. The predicted octanol–water partition coefficient (Wildman–Crippen LogP) is 2.22. The predicted molar refractivity (Wildman–Crippen MR) is 57.4 cm³/mol. The van der Waals surface area contributed by atoms with Gasteiger partial charge in [-0.05, 0) is 47.1 Å². The van der Waals surface area contributed by atoms with Gasteiger partial charge >= 0.3 is 0 Å². The Bertz CT molecular complexity index is 308. The largest absolute Gasteiger partial charge is 0.313 e. The van der Waals surface area contributed by atoms with E-state index in [-0.39, 0.29) is 0 Å². The molecule has 0 unspecified atom stereocenters. The van der Waals surface area contributed by atoms with Gasteiger partial charge in [-0.3, -0.25) is 4.98 Å². The fraction of sp³-hybridized carbons (Fsp3) is 0.300. The second-order valence-electron chi connectivity index (χ2n) is 3.13. The molecule has 3 heteroatoms. The summed E-state index contributed by atoms with van der Waals surface area (Å²) in [6.45, 7) is 2.11. The van der Waals surface area contributed by atoms with Crippen molar-refractivity contribution in [3.05, 3.63) is 34.1 Å². The molecule has 0 radical (unpaired) electrons. The Morgan fingerprint density at radius 1 is 1.46 bits per heavy atom. The molecule has 2 nitrogen and oxygen atoms in total. The zero-order chi connectivity index (χ0) is 9.10. The van der Waals surface area contributed by atoms with Crippen molar-refractivity contribution in [3.8, 4) is 0 Å². The van der Waals surface area contributed by atoms with E-state index in [0.717, 1.165) is 29.7 Å². The summed E-state index contributed by atoms with van der Waals surface area (Å²) in [7, 11) is 0. The van der Waals surface area contributed by atoms with Crippen molar-refractivity contribution < 1.29 is 0 Å². The SMILES string of the molecule is Brc1ccc(/C=C2/CCNC2)nc1. The van der Waals surface area contributed by atoms with Crippen LogP contribution < -0.4 is 5.32 Å². The monoisotopic (exact) mass is 238 g/mol. The quantitative estimate of drug-likeness (QED) is 0.812. The van der Waals surface area contributed by atoms with Gasteiger partial charge in [0.1, 0.15) is 0 Å². The minimum absolute atomic E-state index is 1.01. The van der Waals surface area contributed by atoms with Gasteiger partial charge < -0.3 is 5.32 Å². The number of hydrogen-bond donors (Lipinski definition) is 1. The number of pyridine rings is 1. The topological polar surface area (TPSA) is 24.9 Å². The van der Waals surface area contributed by atoms with Crippen LogP contribution in [0.4, 0.5) is 0 Å². The summed E-state index contributed by atoms with van der Waals surface area (Å²) in [6.07, 6.45) is 5.14. The number of halogens is 1. The molecule has 1 saturated heterocycles. The van der Waals surface area contributed by atoms with E-state index in [0.29, 0.717) is 0 Å². The van der Waals surface area contributed by atoms with E-state index in [9.17, 15) is 0 Å². The summed E-state index contributed by atoms with van der Waals surface area (Å²) < 4.78 is 1.03. The van der Waals surface area contributed by atoms with Crippen LogP contribution in [0.1, 0.15) is 12.1 Å². The lowest BCUT2D eigenvalue weighted by Crippen LogP contribution is -2.04. The fourth-order valence-corrected chi connectivity index (χ4v) is 1.63. The van der Waals surface area contributed by atoms with Crippen LogP contribution in [-0.2, 0) is 0 Å². The molecule has 1 fully saturated rings. The summed E-state index contributed by atoms with van der Waals surface area (Å²) in [4.78, 5) is 4.29. The minimum atomic E-state index is 1.01. The molecule has 68 valence electrons. The third-order valence-electron chi connectivity index (χ3n) is 2.08. The molecule has 0 saturated carbocycles. The lowest BCUT2D eigenvalue weighted by molar-refractivity contribution is 0.862. The Hall–Kier alpha value is -0.670. The Kier molecular flexibility index (Phi) is 2.76. The maximum Gasteiger partial charge on any atom is 0.0630 e. The highest BCUT2D eigenvalue weighted by molar-refractivity contribution is 9.10. The average molecular weight is 239 g/mol. The zero-order valence-electron chi connectivity index (χ0n) is 7.26. The molecule has 13 heavy (non-hydrogen) atoms. The van der Waals surface area contributed by atoms with Crippen LogP contribution in [0.5, 0.6) is 0 Å². The van der Waals surface area contributed by atoms with E-state index in [1.54, 1.807) is 0 Å². The smallest absolute Gasteiger partial charge is 0.0630 e. The summed E-state index contributed by atoms with van der Waals surface area (Å²) in [5.74, 6) is 0. The van der Waals surface area contributed by atoms with Crippen molar-refractivity contribution in [2.24, 2.45) is 0 Å². The van der Waals surface area contributed by atoms with Gasteiger partial charge in [0.15, 0.2) is 0 Å². The molecule has 0 amide bonds. The first-order valence-corrected chi connectivity index (χ1v) is 5.15. The second-order valence-corrected chi connectivity index (χ2v) is 4.05. The van der Waals surface area contributed by atoms with Crippen LogP contribution in [0.15, 0.2) is 28.4 Å². The number of hydrogen-bond acceptors (Lipinski definition) is 2. The van der Waals surface area contributed by atoms with Crippen LogP contribution in [-0.4, -0.2) is 18.1 Å². The number of nitrogens with zero attached hydrogens (tertiary/aromatic N) is 1. The van der Waals surface area contributed by atoms with Crippen LogP contribution in [0.2, 0.25) is 0 Å². The Morgan fingerprint density at radius 3 is 3.00 bits per heavy atom. The van der Waals surface area contributed by atoms with Crippen LogP contribution in [0.25, 0.3) is 6.08 Å². The van der Waals surface area contributed by atoms with Crippen LogP contribution in [0.3, 0.4) is 0 Å². The van der Waals surface area contributed by atoms with Crippen LogP contribution in [0, 0.1) is 0 Å². The molecule has 0 spiro atoms. The Labute approximate surface area is 86.2 Å². The third-order valence-corrected chi connectivity index (χ3v) is 2.55. The van der Waals surface area contributed by atoms with E-state index in [1.165, 1.54) is 5.57 Å². The molecule has 1 aromatic heterocycles. The summed E-state index contributed by atoms with van der Waals surface area (Å²) >= 11 is 3.36. The summed E-state index contributed by atoms with van der Waals surface area (Å²) in [5.41, 5.74) is 2.48. The van der Waals surface area contributed by atoms with E-state index in [2.05, 4.69) is 32.3 Å². The first-order chi connectivity index (χ1) is 6.34. The molecule has 2 heterocycles. The summed E-state index contributed by atoms with van der Waals surface area (Å²) in [5, 5.41) is 3.30. The highest BCUT2D eigenvalue weighted by Gasteiger charge is 2.04. The molecular formula is C10H11BrN2. The van der Waals surface area contributed by atoms with Gasteiger partial charge in [-0.2, -0.15) is 0 Å². The lowest BCUT2D eigenvalue weighted by Gasteiger charge is -1.95. The van der Waals surface area contributed by atoms with Crippen LogP contribution >= 0.6 is 15.9 Å². The minimum Gasteiger partial charge on any atom is -0.313 e. The van der Waals surface area contributed by atoms with Crippen molar-refractivity contribution in [2.45, 2.75) is 6.42 Å². The molecule has 1 aliphatic heterocycles. The first kappa shape index (κ1) is 8.91. The number of aromatic nitrogens is 1. The van der Waals surface area contributed by atoms with Crippen molar-refractivity contribution in [1.29, 1.82) is 0 Å². The molecule has 0 aromatic carbocycles. The first-order valence-electron chi connectivity index (χ1n) is 4.36. The normalized spacial score (nSPS) is 19.6. The second kappa shape index (κ2) is 4.03. The molecule has 0 aliphatic carbocycles. The van der Waals surface area contributed by atoms with Gasteiger partial charge in [0.2, 0.25) is 0 Å². The summed E-state index contributed by atoms with van der Waals surface area (Å²) in [6, 6.07) is 4.04. The lowest BCUT2D eigenvalue weighted by atomic mass is 10.2. The molecule has 1 N–H and O–H groups in total. The number of rotatable bonds is 1. The molecule has 1 aliphatic rings. The number of nitrogens with one attached hydrogen (secondary N) is 1. The van der Waals surface area contributed by atoms with E-state index in [1.807, 2.05) is 18.3 Å². The Morgan fingerprint density at radius 2 is 2.38 bits per heavy atom. The van der Waals surface area contributed by atoms with Crippen molar-refractivity contribution in [1.82, 2.24) is 10.3 Å². The van der Waals surface area contributed by atoms with Gasteiger partial charge in [0.05, 0.1) is 5.69 Å².